The SMILES string of the molecule is CN(C(=O)C(C)(C)F)c1cccc(NC(=O)OCc2ccccc2)c1. The fraction of sp³-hybridized carbons (Fsp3) is 0.263. The van der Waals surface area contributed by atoms with E-state index in [0.29, 0.717) is 11.4 Å². The predicted molar refractivity (Wildman–Crippen MR) is 95.3 cm³/mol. The molecular weight excluding hydrogens is 323 g/mol. The Bertz CT molecular complexity index is 742. The molecule has 0 saturated heterocycles. The molecule has 0 aliphatic carbocycles. The van der Waals surface area contributed by atoms with Crippen LogP contribution in [0.15, 0.2) is 54.6 Å². The fourth-order valence-corrected chi connectivity index (χ4v) is 2.19. The maximum atomic E-state index is 13.8. The third-order valence-corrected chi connectivity index (χ3v) is 3.51. The van der Waals surface area contributed by atoms with Crippen LogP contribution in [-0.4, -0.2) is 24.7 Å². The highest BCUT2D eigenvalue weighted by Crippen LogP contribution is 2.22. The van der Waals surface area contributed by atoms with E-state index in [9.17, 15) is 14.0 Å². The Morgan fingerprint density at radius 3 is 2.44 bits per heavy atom. The molecule has 2 amide bonds. The molecule has 6 heteroatoms. The van der Waals surface area contributed by atoms with Crippen molar-refractivity contribution in [3.05, 3.63) is 60.2 Å². The van der Waals surface area contributed by atoms with Gasteiger partial charge in [-0.2, -0.15) is 0 Å². The van der Waals surface area contributed by atoms with Crippen LogP contribution in [0.2, 0.25) is 0 Å². The summed E-state index contributed by atoms with van der Waals surface area (Å²) in [6.45, 7) is 2.56. The van der Waals surface area contributed by atoms with Gasteiger partial charge in [0.25, 0.3) is 5.91 Å². The van der Waals surface area contributed by atoms with Gasteiger partial charge in [0.2, 0.25) is 0 Å². The molecule has 2 aromatic carbocycles. The van der Waals surface area contributed by atoms with Crippen LogP contribution in [0.1, 0.15) is 19.4 Å². The van der Waals surface area contributed by atoms with Crippen molar-refractivity contribution in [3.63, 3.8) is 0 Å². The van der Waals surface area contributed by atoms with Crippen molar-refractivity contribution in [1.29, 1.82) is 0 Å². The van der Waals surface area contributed by atoms with Gasteiger partial charge in [-0.1, -0.05) is 36.4 Å². The van der Waals surface area contributed by atoms with E-state index in [2.05, 4.69) is 5.32 Å². The van der Waals surface area contributed by atoms with Crippen LogP contribution in [0, 0.1) is 0 Å². The maximum Gasteiger partial charge on any atom is 0.411 e. The van der Waals surface area contributed by atoms with Crippen LogP contribution in [0.4, 0.5) is 20.6 Å². The average molecular weight is 344 g/mol. The van der Waals surface area contributed by atoms with Gasteiger partial charge in [0.1, 0.15) is 6.61 Å². The minimum Gasteiger partial charge on any atom is -0.444 e. The van der Waals surface area contributed by atoms with Gasteiger partial charge in [0, 0.05) is 18.4 Å². The number of hydrogen-bond acceptors (Lipinski definition) is 3. The van der Waals surface area contributed by atoms with E-state index < -0.39 is 17.7 Å². The standard InChI is InChI=1S/C19H21FN2O3/c1-19(2,20)17(23)22(3)16-11-7-10-15(12-16)21-18(24)25-13-14-8-5-4-6-9-14/h4-12H,13H2,1-3H3,(H,21,24). The molecule has 0 aliphatic rings. The van der Waals surface area contributed by atoms with Crippen LogP contribution in [0.25, 0.3) is 0 Å². The summed E-state index contributed by atoms with van der Waals surface area (Å²) in [6.07, 6.45) is -0.610. The normalized spacial score (nSPS) is 10.9. The van der Waals surface area contributed by atoms with Crippen molar-refractivity contribution in [2.24, 2.45) is 0 Å². The zero-order valence-corrected chi connectivity index (χ0v) is 14.5. The summed E-state index contributed by atoms with van der Waals surface area (Å²) in [5.41, 5.74) is -0.183. The maximum absolute atomic E-state index is 13.8. The second-order valence-electron chi connectivity index (χ2n) is 6.07. The second kappa shape index (κ2) is 7.79. The first-order valence-electron chi connectivity index (χ1n) is 7.82. The lowest BCUT2D eigenvalue weighted by molar-refractivity contribution is -0.127. The average Bonchev–Trinajstić information content (AvgIpc) is 2.59. The number of hydrogen-bond donors (Lipinski definition) is 1. The monoisotopic (exact) mass is 344 g/mol. The van der Waals surface area contributed by atoms with E-state index in [-0.39, 0.29) is 6.61 Å². The van der Waals surface area contributed by atoms with Gasteiger partial charge in [0.05, 0.1) is 0 Å². The summed E-state index contributed by atoms with van der Waals surface area (Å²) in [5, 5.41) is 2.59. The molecule has 0 heterocycles. The molecule has 0 bridgehead atoms. The van der Waals surface area contributed by atoms with Crippen molar-refractivity contribution in [2.45, 2.75) is 26.1 Å². The van der Waals surface area contributed by atoms with Crippen LogP contribution < -0.4 is 10.2 Å². The third-order valence-electron chi connectivity index (χ3n) is 3.51. The Balaban J connectivity index is 1.99. The van der Waals surface area contributed by atoms with Crippen molar-refractivity contribution in [1.82, 2.24) is 0 Å². The van der Waals surface area contributed by atoms with Gasteiger partial charge >= 0.3 is 6.09 Å². The summed E-state index contributed by atoms with van der Waals surface area (Å²) in [5.74, 6) is -0.670. The van der Waals surface area contributed by atoms with Crippen LogP contribution in [-0.2, 0) is 16.1 Å². The van der Waals surface area contributed by atoms with Gasteiger partial charge in [0.15, 0.2) is 5.67 Å². The molecule has 0 spiro atoms. The Labute approximate surface area is 146 Å². The number of amides is 2. The Morgan fingerprint density at radius 1 is 1.12 bits per heavy atom. The molecule has 2 aromatic rings. The van der Waals surface area contributed by atoms with Crippen molar-refractivity contribution < 1.29 is 18.7 Å². The number of halogens is 1. The van der Waals surface area contributed by atoms with Crippen LogP contribution in [0.5, 0.6) is 0 Å². The number of ether oxygens (including phenoxy) is 1. The highest BCUT2D eigenvalue weighted by Gasteiger charge is 2.30. The smallest absolute Gasteiger partial charge is 0.411 e. The van der Waals surface area contributed by atoms with Crippen molar-refractivity contribution in [2.75, 3.05) is 17.3 Å². The number of nitrogens with one attached hydrogen (secondary N) is 1. The first-order valence-corrected chi connectivity index (χ1v) is 7.82. The first-order chi connectivity index (χ1) is 11.8. The van der Waals surface area contributed by atoms with Crippen molar-refractivity contribution in [3.8, 4) is 0 Å². The molecule has 0 radical (unpaired) electrons. The Morgan fingerprint density at radius 2 is 1.80 bits per heavy atom. The molecule has 25 heavy (non-hydrogen) atoms. The number of rotatable bonds is 5. The quantitative estimate of drug-likeness (QED) is 0.886. The number of nitrogens with zero attached hydrogens (tertiary/aromatic N) is 1. The Hall–Kier alpha value is -2.89. The summed E-state index contributed by atoms with van der Waals surface area (Å²) in [6, 6.07) is 15.9. The van der Waals surface area contributed by atoms with Gasteiger partial charge in [-0.3, -0.25) is 10.1 Å². The lowest BCUT2D eigenvalue weighted by Gasteiger charge is -2.23. The molecule has 0 fully saturated rings. The van der Waals surface area contributed by atoms with E-state index in [1.807, 2.05) is 30.3 Å². The lowest BCUT2D eigenvalue weighted by atomic mass is 10.1. The number of anilines is 2. The van der Waals surface area contributed by atoms with Gasteiger partial charge in [-0.05, 0) is 37.6 Å². The van der Waals surface area contributed by atoms with Crippen LogP contribution >= 0.6 is 0 Å². The van der Waals surface area contributed by atoms with Crippen LogP contribution in [0.3, 0.4) is 0 Å². The molecule has 132 valence electrons. The number of carbonyl (C=O) groups is 2. The summed E-state index contributed by atoms with van der Waals surface area (Å²) in [4.78, 5) is 25.1. The van der Waals surface area contributed by atoms with Gasteiger partial charge < -0.3 is 9.64 Å². The molecule has 0 aliphatic heterocycles. The van der Waals surface area contributed by atoms with E-state index in [4.69, 9.17) is 4.74 Å². The van der Waals surface area contributed by atoms with Gasteiger partial charge in [-0.15, -0.1) is 0 Å². The van der Waals surface area contributed by atoms with E-state index in [0.717, 1.165) is 5.56 Å². The van der Waals surface area contributed by atoms with E-state index in [1.54, 1.807) is 24.3 Å². The molecule has 5 nitrogen and oxygen atoms in total. The zero-order valence-electron chi connectivity index (χ0n) is 14.5. The van der Waals surface area contributed by atoms with E-state index >= 15 is 0 Å². The Kier molecular flexibility index (Phi) is 5.75. The molecule has 0 aromatic heterocycles. The molecule has 0 saturated carbocycles. The molecule has 2 rings (SSSR count). The molecule has 0 atom stereocenters. The summed E-state index contributed by atoms with van der Waals surface area (Å²) >= 11 is 0. The summed E-state index contributed by atoms with van der Waals surface area (Å²) in [7, 11) is 1.48. The number of benzene rings is 2. The minimum absolute atomic E-state index is 0.154. The predicted octanol–water partition coefficient (Wildman–Crippen LogP) is 4.15. The van der Waals surface area contributed by atoms with Gasteiger partial charge in [-0.25, -0.2) is 9.18 Å². The minimum atomic E-state index is -1.98. The highest BCUT2D eigenvalue weighted by atomic mass is 19.1. The topological polar surface area (TPSA) is 58.6 Å². The van der Waals surface area contributed by atoms with E-state index in [1.165, 1.54) is 25.8 Å². The highest BCUT2D eigenvalue weighted by molar-refractivity contribution is 5.99. The molecule has 1 N–H and O–H groups in total. The summed E-state index contributed by atoms with van der Waals surface area (Å²) < 4.78 is 19.0. The lowest BCUT2D eigenvalue weighted by Crippen LogP contribution is -2.40. The largest absolute Gasteiger partial charge is 0.444 e. The third kappa shape index (κ3) is 5.31. The number of carbonyl (C=O) groups excluding carboxylic acids is 2. The second-order valence-corrected chi connectivity index (χ2v) is 6.07. The number of alkyl halides is 1. The van der Waals surface area contributed by atoms with Crippen molar-refractivity contribution >= 4 is 23.4 Å². The first kappa shape index (κ1) is 18.4. The molecule has 0 unspecified atom stereocenters. The molecular formula is C19H21FN2O3. The fourth-order valence-electron chi connectivity index (χ4n) is 2.19. The zero-order chi connectivity index (χ0) is 18.4.